The normalized spacial score (nSPS) is 30.5. The summed E-state index contributed by atoms with van der Waals surface area (Å²) in [6.45, 7) is 11.6. The Kier molecular flexibility index (Phi) is 3.94. The summed E-state index contributed by atoms with van der Waals surface area (Å²) in [4.78, 5) is 24.6. The number of carbonyl (C=O) groups excluding carboxylic acids is 2. The summed E-state index contributed by atoms with van der Waals surface area (Å²) < 4.78 is 15.9. The second kappa shape index (κ2) is 5.30. The molecule has 0 saturated carbocycles. The summed E-state index contributed by atoms with van der Waals surface area (Å²) in [5.74, 6) is -0.575. The predicted molar refractivity (Wildman–Crippen MR) is 80.8 cm³/mol. The minimum atomic E-state index is -1.03. The van der Waals surface area contributed by atoms with Crippen LogP contribution in [-0.2, 0) is 23.8 Å². The van der Waals surface area contributed by atoms with Gasteiger partial charge in [-0.25, -0.2) is 4.79 Å². The maximum Gasteiger partial charge on any atom is 0.337 e. The number of allylic oxidation sites excluding steroid dienone is 1. The Morgan fingerprint density at radius 1 is 1.27 bits per heavy atom. The zero-order chi connectivity index (χ0) is 16.7. The number of hydrogen-bond acceptors (Lipinski definition) is 5. The quantitative estimate of drug-likeness (QED) is 0.592. The molecule has 0 aromatic heterocycles. The van der Waals surface area contributed by atoms with Crippen molar-refractivity contribution in [2.75, 3.05) is 14.2 Å². The van der Waals surface area contributed by atoms with E-state index in [1.807, 2.05) is 13.8 Å². The molecule has 1 aliphatic heterocycles. The molecule has 0 bridgehead atoms. The molecule has 120 valence electrons. The molecule has 5 heteroatoms. The lowest BCUT2D eigenvalue weighted by molar-refractivity contribution is -0.150. The molecule has 0 aromatic rings. The van der Waals surface area contributed by atoms with Gasteiger partial charge < -0.3 is 14.2 Å². The highest BCUT2D eigenvalue weighted by atomic mass is 16.5. The summed E-state index contributed by atoms with van der Waals surface area (Å²) in [5.41, 5.74) is 0.153. The lowest BCUT2D eigenvalue weighted by Gasteiger charge is -2.31. The molecule has 0 spiro atoms. The van der Waals surface area contributed by atoms with Crippen molar-refractivity contribution in [2.24, 2.45) is 5.41 Å². The van der Waals surface area contributed by atoms with Gasteiger partial charge in [0.25, 0.3) is 0 Å². The van der Waals surface area contributed by atoms with Crippen LogP contribution in [0.25, 0.3) is 0 Å². The first-order chi connectivity index (χ1) is 10.2. The highest BCUT2D eigenvalue weighted by Crippen LogP contribution is 2.57. The number of fused-ring (bicyclic) bond motifs is 1. The Morgan fingerprint density at radius 2 is 1.91 bits per heavy atom. The standard InChI is InChI=1S/C17H22O5/c1-10(2)16(4)9-17(15(19)21-6)8-11(3)7-12(13(17)22-16)14(18)20-5/h1,3,7-9H2,2,4-6H3/t16-,17+/m1/s1. The zero-order valence-electron chi connectivity index (χ0n) is 13.6. The van der Waals surface area contributed by atoms with Crippen LogP contribution in [0.5, 0.6) is 0 Å². The Bertz CT molecular complexity index is 600. The van der Waals surface area contributed by atoms with E-state index in [1.165, 1.54) is 14.2 Å². The van der Waals surface area contributed by atoms with E-state index in [1.54, 1.807) is 0 Å². The predicted octanol–water partition coefficient (Wildman–Crippen LogP) is 2.68. The van der Waals surface area contributed by atoms with E-state index in [9.17, 15) is 9.59 Å². The van der Waals surface area contributed by atoms with E-state index in [-0.39, 0.29) is 0 Å². The van der Waals surface area contributed by atoms with Crippen molar-refractivity contribution in [3.8, 4) is 0 Å². The summed E-state index contributed by atoms with van der Waals surface area (Å²) >= 11 is 0. The van der Waals surface area contributed by atoms with Crippen LogP contribution in [-0.4, -0.2) is 31.8 Å². The molecule has 0 aromatic carbocycles. The van der Waals surface area contributed by atoms with Gasteiger partial charge in [0.2, 0.25) is 0 Å². The van der Waals surface area contributed by atoms with Crippen molar-refractivity contribution in [3.05, 3.63) is 35.6 Å². The molecule has 1 aliphatic carbocycles. The van der Waals surface area contributed by atoms with Gasteiger partial charge in [-0.15, -0.1) is 0 Å². The third-order valence-electron chi connectivity index (χ3n) is 4.56. The average Bonchev–Trinajstić information content (AvgIpc) is 2.79. The van der Waals surface area contributed by atoms with E-state index in [0.29, 0.717) is 30.6 Å². The molecular formula is C17H22O5. The highest BCUT2D eigenvalue weighted by Gasteiger charge is 2.60. The molecule has 0 N–H and O–H groups in total. The van der Waals surface area contributed by atoms with Gasteiger partial charge in [-0.05, 0) is 25.8 Å². The minimum absolute atomic E-state index is 0.340. The summed E-state index contributed by atoms with van der Waals surface area (Å²) in [7, 11) is 2.64. The van der Waals surface area contributed by atoms with Crippen LogP contribution in [0.1, 0.15) is 33.1 Å². The van der Waals surface area contributed by atoms with Crippen molar-refractivity contribution >= 4 is 11.9 Å². The van der Waals surface area contributed by atoms with Crippen LogP contribution in [0.15, 0.2) is 35.6 Å². The van der Waals surface area contributed by atoms with Gasteiger partial charge in [0.1, 0.15) is 16.8 Å². The minimum Gasteiger partial charge on any atom is -0.486 e. The fourth-order valence-corrected chi connectivity index (χ4v) is 3.29. The first-order valence-corrected chi connectivity index (χ1v) is 7.12. The number of rotatable bonds is 3. The maximum absolute atomic E-state index is 12.5. The van der Waals surface area contributed by atoms with Gasteiger partial charge in [0.05, 0.1) is 19.8 Å². The summed E-state index contributed by atoms with van der Waals surface area (Å²) in [6.07, 6.45) is 1.11. The van der Waals surface area contributed by atoms with Crippen LogP contribution < -0.4 is 0 Å². The van der Waals surface area contributed by atoms with Gasteiger partial charge in [0.15, 0.2) is 0 Å². The van der Waals surface area contributed by atoms with Gasteiger partial charge >= 0.3 is 11.9 Å². The van der Waals surface area contributed by atoms with Gasteiger partial charge in [-0.1, -0.05) is 18.7 Å². The molecule has 5 nitrogen and oxygen atoms in total. The monoisotopic (exact) mass is 306 g/mol. The fraction of sp³-hybridized carbons (Fsp3) is 0.529. The Balaban J connectivity index is 2.68. The molecule has 22 heavy (non-hydrogen) atoms. The van der Waals surface area contributed by atoms with Crippen molar-refractivity contribution in [1.29, 1.82) is 0 Å². The van der Waals surface area contributed by atoms with E-state index < -0.39 is 23.0 Å². The van der Waals surface area contributed by atoms with Crippen LogP contribution in [0.4, 0.5) is 0 Å². The Morgan fingerprint density at radius 3 is 2.41 bits per heavy atom. The third kappa shape index (κ3) is 2.25. The molecule has 2 rings (SSSR count). The van der Waals surface area contributed by atoms with Gasteiger partial charge in [0, 0.05) is 12.8 Å². The molecular weight excluding hydrogens is 284 g/mol. The largest absolute Gasteiger partial charge is 0.486 e. The molecule has 2 aliphatic rings. The average molecular weight is 306 g/mol. The molecule has 1 fully saturated rings. The lowest BCUT2D eigenvalue weighted by atomic mass is 9.69. The number of methoxy groups -OCH3 is 2. The van der Waals surface area contributed by atoms with Crippen molar-refractivity contribution in [2.45, 2.75) is 38.7 Å². The Hall–Kier alpha value is -2.04. The number of carbonyl (C=O) groups is 2. The van der Waals surface area contributed by atoms with Crippen molar-refractivity contribution in [1.82, 2.24) is 0 Å². The molecule has 1 saturated heterocycles. The first kappa shape index (κ1) is 16.3. The molecule has 0 unspecified atom stereocenters. The highest BCUT2D eigenvalue weighted by molar-refractivity contribution is 5.93. The topological polar surface area (TPSA) is 61.8 Å². The van der Waals surface area contributed by atoms with Crippen LogP contribution in [0.3, 0.4) is 0 Å². The van der Waals surface area contributed by atoms with Crippen LogP contribution in [0.2, 0.25) is 0 Å². The second-order valence-corrected chi connectivity index (χ2v) is 6.27. The van der Waals surface area contributed by atoms with E-state index >= 15 is 0 Å². The molecule has 1 heterocycles. The number of esters is 2. The van der Waals surface area contributed by atoms with Gasteiger partial charge in [-0.2, -0.15) is 0 Å². The Labute approximate surface area is 130 Å². The number of hydrogen-bond donors (Lipinski definition) is 0. The molecule has 2 atom stereocenters. The zero-order valence-corrected chi connectivity index (χ0v) is 13.6. The number of ether oxygens (including phenoxy) is 3. The lowest BCUT2D eigenvalue weighted by Crippen LogP contribution is -2.37. The molecule has 0 amide bonds. The smallest absolute Gasteiger partial charge is 0.337 e. The SMILES string of the molecule is C=C1CC(C(=O)OC)=C2O[C@@](C)(C(=C)C)C[C@@]2(C(=O)OC)C1. The summed E-state index contributed by atoms with van der Waals surface area (Å²) in [5, 5.41) is 0. The van der Waals surface area contributed by atoms with Gasteiger partial charge in [-0.3, -0.25) is 4.79 Å². The molecule has 0 radical (unpaired) electrons. The van der Waals surface area contributed by atoms with Crippen molar-refractivity contribution < 1.29 is 23.8 Å². The maximum atomic E-state index is 12.5. The van der Waals surface area contributed by atoms with Crippen molar-refractivity contribution in [3.63, 3.8) is 0 Å². The van der Waals surface area contributed by atoms with Crippen LogP contribution >= 0.6 is 0 Å². The van der Waals surface area contributed by atoms with Crippen LogP contribution in [0, 0.1) is 5.41 Å². The third-order valence-corrected chi connectivity index (χ3v) is 4.56. The fourth-order valence-electron chi connectivity index (χ4n) is 3.29. The first-order valence-electron chi connectivity index (χ1n) is 7.12. The summed E-state index contributed by atoms with van der Waals surface area (Å²) in [6, 6.07) is 0. The van der Waals surface area contributed by atoms with E-state index in [0.717, 1.165) is 11.1 Å². The van der Waals surface area contributed by atoms with E-state index in [4.69, 9.17) is 14.2 Å². The van der Waals surface area contributed by atoms with E-state index in [2.05, 4.69) is 13.2 Å². The second-order valence-electron chi connectivity index (χ2n) is 6.27.